The second kappa shape index (κ2) is 4.58. The zero-order valence-electron chi connectivity index (χ0n) is 8.37. The average molecular weight is 231 g/mol. The van der Waals surface area contributed by atoms with Gasteiger partial charge in [-0.2, -0.15) is 4.37 Å². The molecule has 1 aliphatic rings. The van der Waals surface area contributed by atoms with Crippen molar-refractivity contribution in [1.29, 1.82) is 0 Å². The van der Waals surface area contributed by atoms with E-state index < -0.39 is 0 Å². The van der Waals surface area contributed by atoms with Crippen LogP contribution in [0.25, 0.3) is 0 Å². The third-order valence-electron chi connectivity index (χ3n) is 3.21. The molecule has 14 heavy (non-hydrogen) atoms. The van der Waals surface area contributed by atoms with E-state index in [9.17, 15) is 0 Å². The quantitative estimate of drug-likeness (QED) is 0.771. The van der Waals surface area contributed by atoms with Crippen LogP contribution in [0.1, 0.15) is 50.8 Å². The summed E-state index contributed by atoms with van der Waals surface area (Å²) in [5, 5.41) is 0. The number of hydrogen-bond donors (Lipinski definition) is 0. The summed E-state index contributed by atoms with van der Waals surface area (Å²) in [4.78, 5) is 4.26. The first kappa shape index (κ1) is 10.4. The van der Waals surface area contributed by atoms with E-state index in [-0.39, 0.29) is 0 Å². The van der Waals surface area contributed by atoms with E-state index in [4.69, 9.17) is 11.6 Å². The molecule has 0 atom stereocenters. The van der Waals surface area contributed by atoms with Crippen LogP contribution in [0.3, 0.4) is 0 Å². The Labute approximate surface area is 93.9 Å². The molecule has 1 aromatic rings. The molecule has 1 aromatic heterocycles. The first-order valence-corrected chi connectivity index (χ1v) is 6.43. The van der Waals surface area contributed by atoms with E-state index in [1.54, 1.807) is 0 Å². The SMILES string of the molecule is CCC1CCC(c2nsc(Cl)n2)CC1. The molecule has 1 heterocycles. The first-order valence-electron chi connectivity index (χ1n) is 5.28. The number of hydrogen-bond acceptors (Lipinski definition) is 3. The summed E-state index contributed by atoms with van der Waals surface area (Å²) in [7, 11) is 0. The maximum absolute atomic E-state index is 5.78. The van der Waals surface area contributed by atoms with Gasteiger partial charge >= 0.3 is 0 Å². The normalized spacial score (nSPS) is 27.9. The molecule has 2 nitrogen and oxygen atoms in total. The zero-order valence-corrected chi connectivity index (χ0v) is 9.94. The summed E-state index contributed by atoms with van der Waals surface area (Å²) in [6, 6.07) is 0. The topological polar surface area (TPSA) is 25.8 Å². The van der Waals surface area contributed by atoms with Crippen molar-refractivity contribution in [2.45, 2.75) is 44.9 Å². The molecule has 0 saturated heterocycles. The van der Waals surface area contributed by atoms with Gasteiger partial charge in [-0.05, 0) is 54.7 Å². The highest BCUT2D eigenvalue weighted by Gasteiger charge is 2.23. The van der Waals surface area contributed by atoms with Crippen LogP contribution in [-0.4, -0.2) is 9.36 Å². The molecule has 78 valence electrons. The molecule has 0 N–H and O–H groups in total. The van der Waals surface area contributed by atoms with Gasteiger partial charge in [0.25, 0.3) is 0 Å². The van der Waals surface area contributed by atoms with Gasteiger partial charge in [-0.3, -0.25) is 0 Å². The van der Waals surface area contributed by atoms with Crippen molar-refractivity contribution < 1.29 is 0 Å². The van der Waals surface area contributed by atoms with E-state index >= 15 is 0 Å². The molecule has 0 bridgehead atoms. The lowest BCUT2D eigenvalue weighted by atomic mass is 9.80. The van der Waals surface area contributed by atoms with Crippen molar-refractivity contribution in [2.75, 3.05) is 0 Å². The Kier molecular flexibility index (Phi) is 3.39. The van der Waals surface area contributed by atoms with E-state index in [1.165, 1.54) is 43.6 Å². The predicted molar refractivity (Wildman–Crippen MR) is 59.9 cm³/mol. The summed E-state index contributed by atoms with van der Waals surface area (Å²) >= 11 is 7.09. The van der Waals surface area contributed by atoms with Gasteiger partial charge < -0.3 is 0 Å². The third kappa shape index (κ3) is 2.26. The molecule has 0 amide bonds. The molecule has 0 radical (unpaired) electrons. The van der Waals surface area contributed by atoms with Crippen LogP contribution >= 0.6 is 23.1 Å². The Balaban J connectivity index is 1.95. The van der Waals surface area contributed by atoms with Crippen LogP contribution in [0.5, 0.6) is 0 Å². The van der Waals surface area contributed by atoms with E-state index in [1.807, 2.05) is 0 Å². The number of halogens is 1. The fourth-order valence-corrected chi connectivity index (χ4v) is 2.89. The van der Waals surface area contributed by atoms with Crippen molar-refractivity contribution in [3.8, 4) is 0 Å². The zero-order chi connectivity index (χ0) is 9.97. The second-order valence-electron chi connectivity index (χ2n) is 4.03. The average Bonchev–Trinajstić information content (AvgIpc) is 2.65. The van der Waals surface area contributed by atoms with Gasteiger partial charge in [-0.1, -0.05) is 13.3 Å². The molecule has 0 aliphatic heterocycles. The van der Waals surface area contributed by atoms with Gasteiger partial charge in [0.05, 0.1) is 0 Å². The molecule has 1 fully saturated rings. The van der Waals surface area contributed by atoms with Crippen molar-refractivity contribution in [1.82, 2.24) is 9.36 Å². The standard InChI is InChI=1S/C10H15ClN2S/c1-2-7-3-5-8(6-4-7)9-12-10(11)14-13-9/h7-8H,2-6H2,1H3. The van der Waals surface area contributed by atoms with Crippen molar-refractivity contribution in [3.63, 3.8) is 0 Å². The molecular weight excluding hydrogens is 216 g/mol. The maximum Gasteiger partial charge on any atom is 0.203 e. The summed E-state index contributed by atoms with van der Waals surface area (Å²) in [6.07, 6.45) is 6.46. The lowest BCUT2D eigenvalue weighted by Gasteiger charge is -2.25. The largest absolute Gasteiger partial charge is 0.208 e. The van der Waals surface area contributed by atoms with Gasteiger partial charge in [0.15, 0.2) is 0 Å². The molecule has 1 saturated carbocycles. The van der Waals surface area contributed by atoms with Crippen molar-refractivity contribution in [3.05, 3.63) is 10.3 Å². The monoisotopic (exact) mass is 230 g/mol. The Bertz CT molecular complexity index is 292. The molecule has 0 spiro atoms. The van der Waals surface area contributed by atoms with Crippen LogP contribution in [0.2, 0.25) is 4.47 Å². The second-order valence-corrected chi connectivity index (χ2v) is 5.37. The number of aromatic nitrogens is 2. The minimum Gasteiger partial charge on any atom is -0.208 e. The highest BCUT2D eigenvalue weighted by Crippen LogP contribution is 2.36. The molecule has 0 aromatic carbocycles. The van der Waals surface area contributed by atoms with Gasteiger partial charge in [0.2, 0.25) is 4.47 Å². The van der Waals surface area contributed by atoms with Crippen LogP contribution in [0.15, 0.2) is 0 Å². The molecule has 4 heteroatoms. The maximum atomic E-state index is 5.78. The first-order chi connectivity index (χ1) is 6.79. The van der Waals surface area contributed by atoms with Crippen LogP contribution in [0.4, 0.5) is 0 Å². The Morgan fingerprint density at radius 1 is 1.36 bits per heavy atom. The van der Waals surface area contributed by atoms with Gasteiger partial charge in [-0.15, -0.1) is 0 Å². The minimum atomic E-state index is 0.571. The summed E-state index contributed by atoms with van der Waals surface area (Å²) in [5.74, 6) is 2.48. The highest BCUT2D eigenvalue weighted by molar-refractivity contribution is 7.10. The molecular formula is C10H15ClN2S. The Morgan fingerprint density at radius 3 is 2.57 bits per heavy atom. The van der Waals surface area contributed by atoms with Crippen LogP contribution in [-0.2, 0) is 0 Å². The summed E-state index contributed by atoms with van der Waals surface area (Å²) < 4.78 is 4.87. The van der Waals surface area contributed by atoms with E-state index in [0.717, 1.165) is 11.7 Å². The number of rotatable bonds is 2. The lowest BCUT2D eigenvalue weighted by Crippen LogP contribution is -2.13. The minimum absolute atomic E-state index is 0.571. The van der Waals surface area contributed by atoms with E-state index in [0.29, 0.717) is 10.4 Å². The van der Waals surface area contributed by atoms with Gasteiger partial charge in [-0.25, -0.2) is 4.98 Å². The molecule has 1 aliphatic carbocycles. The summed E-state index contributed by atoms with van der Waals surface area (Å²) in [5.41, 5.74) is 0. The van der Waals surface area contributed by atoms with Crippen molar-refractivity contribution in [2.24, 2.45) is 5.92 Å². The molecule has 0 unspecified atom stereocenters. The highest BCUT2D eigenvalue weighted by atomic mass is 35.5. The molecule has 2 rings (SSSR count). The van der Waals surface area contributed by atoms with Crippen LogP contribution < -0.4 is 0 Å². The van der Waals surface area contributed by atoms with Crippen LogP contribution in [0, 0.1) is 5.92 Å². The number of nitrogens with zero attached hydrogens (tertiary/aromatic N) is 2. The smallest absolute Gasteiger partial charge is 0.203 e. The van der Waals surface area contributed by atoms with Gasteiger partial charge in [0.1, 0.15) is 5.82 Å². The predicted octanol–water partition coefficient (Wildman–Crippen LogP) is 3.88. The Hall–Kier alpha value is -0.150. The fourth-order valence-electron chi connectivity index (χ4n) is 2.21. The summed E-state index contributed by atoms with van der Waals surface area (Å²) in [6.45, 7) is 2.28. The van der Waals surface area contributed by atoms with Crippen molar-refractivity contribution >= 4 is 23.1 Å². The Morgan fingerprint density at radius 2 is 2.07 bits per heavy atom. The lowest BCUT2D eigenvalue weighted by molar-refractivity contribution is 0.313. The van der Waals surface area contributed by atoms with Gasteiger partial charge in [0, 0.05) is 5.92 Å². The fraction of sp³-hybridized carbons (Fsp3) is 0.800. The third-order valence-corrected chi connectivity index (χ3v) is 4.02. The van der Waals surface area contributed by atoms with E-state index in [2.05, 4.69) is 16.3 Å².